The first kappa shape index (κ1) is 13.8. The summed E-state index contributed by atoms with van der Waals surface area (Å²) in [5.41, 5.74) is 7.98. The molecule has 0 radical (unpaired) electrons. The molecule has 6 nitrogen and oxygen atoms in total. The molecule has 0 saturated heterocycles. The van der Waals surface area contributed by atoms with E-state index in [1.807, 2.05) is 18.4 Å². The first-order chi connectivity index (χ1) is 10.2. The first-order valence-electron chi connectivity index (χ1n) is 6.54. The van der Waals surface area contributed by atoms with Crippen LogP contribution in [-0.4, -0.2) is 30.0 Å². The molecule has 2 heterocycles. The Balaban J connectivity index is 1.84. The van der Waals surface area contributed by atoms with E-state index in [0.717, 1.165) is 23.8 Å². The molecule has 0 unspecified atom stereocenters. The van der Waals surface area contributed by atoms with Crippen molar-refractivity contribution in [3.63, 3.8) is 0 Å². The van der Waals surface area contributed by atoms with Gasteiger partial charge in [-0.25, -0.2) is 9.97 Å². The maximum atomic E-state index is 5.97. The van der Waals surface area contributed by atoms with Gasteiger partial charge in [0.1, 0.15) is 11.4 Å². The van der Waals surface area contributed by atoms with Gasteiger partial charge in [0.15, 0.2) is 16.8 Å². The van der Waals surface area contributed by atoms with Gasteiger partial charge in [-0.05, 0) is 24.0 Å². The number of benzene rings is 1. The molecule has 0 spiro atoms. The first-order valence-corrected chi connectivity index (χ1v) is 7.77. The Morgan fingerprint density at radius 1 is 1.33 bits per heavy atom. The molecule has 3 rings (SSSR count). The van der Waals surface area contributed by atoms with E-state index >= 15 is 0 Å². The molecule has 1 aromatic heterocycles. The Morgan fingerprint density at radius 2 is 2.10 bits per heavy atom. The van der Waals surface area contributed by atoms with Gasteiger partial charge in [0, 0.05) is 6.54 Å². The number of methoxy groups -OCH3 is 1. The van der Waals surface area contributed by atoms with Crippen molar-refractivity contribution in [3.05, 3.63) is 29.8 Å². The van der Waals surface area contributed by atoms with Gasteiger partial charge in [0.25, 0.3) is 0 Å². The average molecular weight is 303 g/mol. The van der Waals surface area contributed by atoms with Crippen molar-refractivity contribution in [2.24, 2.45) is 0 Å². The number of thioether (sulfide) groups is 1. The summed E-state index contributed by atoms with van der Waals surface area (Å²) >= 11 is 1.49. The van der Waals surface area contributed by atoms with Crippen molar-refractivity contribution < 1.29 is 4.74 Å². The summed E-state index contributed by atoms with van der Waals surface area (Å²) in [4.78, 5) is 11.0. The van der Waals surface area contributed by atoms with E-state index in [-0.39, 0.29) is 0 Å². The van der Waals surface area contributed by atoms with Gasteiger partial charge in [-0.1, -0.05) is 23.9 Å². The summed E-state index contributed by atoms with van der Waals surface area (Å²) < 4.78 is 5.18. The van der Waals surface area contributed by atoms with E-state index in [0.29, 0.717) is 17.6 Å². The number of rotatable bonds is 4. The zero-order valence-electron chi connectivity index (χ0n) is 12.0. The number of hydrogen-bond acceptors (Lipinski definition) is 7. The Hall–Kier alpha value is -2.15. The lowest BCUT2D eigenvalue weighted by Crippen LogP contribution is -2.22. The number of nitrogens with two attached hydrogens (primary N) is 1. The van der Waals surface area contributed by atoms with Gasteiger partial charge >= 0.3 is 0 Å². The molecule has 3 N–H and O–H groups in total. The fraction of sp³-hybridized carbons (Fsp3) is 0.286. The van der Waals surface area contributed by atoms with Crippen molar-refractivity contribution >= 4 is 29.1 Å². The van der Waals surface area contributed by atoms with Crippen LogP contribution in [0.4, 0.5) is 17.3 Å². The van der Waals surface area contributed by atoms with Gasteiger partial charge in [-0.3, -0.25) is 0 Å². The number of nitrogens with zero attached hydrogens (tertiary/aromatic N) is 3. The summed E-state index contributed by atoms with van der Waals surface area (Å²) in [5.74, 6) is 2.22. The summed E-state index contributed by atoms with van der Waals surface area (Å²) in [5, 5.41) is 3.94. The predicted molar refractivity (Wildman–Crippen MR) is 85.9 cm³/mol. The Bertz CT molecular complexity index is 647. The lowest BCUT2D eigenvalue weighted by Gasteiger charge is -2.17. The Kier molecular flexibility index (Phi) is 3.74. The van der Waals surface area contributed by atoms with Gasteiger partial charge in [0.05, 0.1) is 13.8 Å². The van der Waals surface area contributed by atoms with Crippen LogP contribution in [-0.2, 0) is 6.54 Å². The van der Waals surface area contributed by atoms with E-state index in [2.05, 4.69) is 32.3 Å². The SMILES string of the molecule is COc1ccc(CN2CNc3c(N)nc(SC)nc32)cc1. The fourth-order valence-electron chi connectivity index (χ4n) is 2.27. The van der Waals surface area contributed by atoms with Crippen molar-refractivity contribution in [1.82, 2.24) is 9.97 Å². The molecular weight excluding hydrogens is 286 g/mol. The van der Waals surface area contributed by atoms with Crippen LogP contribution in [0.3, 0.4) is 0 Å². The highest BCUT2D eigenvalue weighted by Gasteiger charge is 2.24. The van der Waals surface area contributed by atoms with E-state index in [9.17, 15) is 0 Å². The minimum Gasteiger partial charge on any atom is -0.497 e. The highest BCUT2D eigenvalue weighted by Crippen LogP contribution is 2.35. The quantitative estimate of drug-likeness (QED) is 0.662. The number of fused-ring (bicyclic) bond motifs is 1. The molecule has 7 heteroatoms. The zero-order chi connectivity index (χ0) is 14.8. The highest BCUT2D eigenvalue weighted by molar-refractivity contribution is 7.98. The second kappa shape index (κ2) is 5.69. The van der Waals surface area contributed by atoms with Crippen LogP contribution in [0.2, 0.25) is 0 Å². The van der Waals surface area contributed by atoms with Crippen LogP contribution in [0, 0.1) is 0 Å². The van der Waals surface area contributed by atoms with E-state index in [4.69, 9.17) is 10.5 Å². The standard InChI is InChI=1S/C14H17N5OS/c1-20-10-5-3-9(4-6-10)7-19-8-16-11-12(15)17-14(21-2)18-13(11)19/h3-6,16H,7-8H2,1-2H3,(H2,15,17,18). The molecule has 1 aliphatic heterocycles. The average Bonchev–Trinajstić information content (AvgIpc) is 2.91. The van der Waals surface area contributed by atoms with E-state index < -0.39 is 0 Å². The van der Waals surface area contributed by atoms with Crippen molar-refractivity contribution in [2.45, 2.75) is 11.7 Å². The molecule has 1 aliphatic rings. The Labute approximate surface area is 127 Å². The number of aromatic nitrogens is 2. The topological polar surface area (TPSA) is 76.3 Å². The minimum atomic E-state index is 0.501. The van der Waals surface area contributed by atoms with Gasteiger partial charge < -0.3 is 20.7 Å². The third-order valence-corrected chi connectivity index (χ3v) is 3.91. The summed E-state index contributed by atoms with van der Waals surface area (Å²) in [6.07, 6.45) is 1.94. The highest BCUT2D eigenvalue weighted by atomic mass is 32.2. The summed E-state index contributed by atoms with van der Waals surface area (Å²) in [6, 6.07) is 8.02. The lowest BCUT2D eigenvalue weighted by atomic mass is 10.2. The fourth-order valence-corrected chi connectivity index (χ4v) is 2.63. The maximum Gasteiger partial charge on any atom is 0.191 e. The molecule has 0 saturated carbocycles. The van der Waals surface area contributed by atoms with Crippen molar-refractivity contribution in [3.8, 4) is 5.75 Å². The third-order valence-electron chi connectivity index (χ3n) is 3.36. The van der Waals surface area contributed by atoms with Crippen molar-refractivity contribution in [2.75, 3.05) is 36.0 Å². The number of ether oxygens (including phenoxy) is 1. The molecule has 0 atom stereocenters. The molecule has 21 heavy (non-hydrogen) atoms. The van der Waals surface area contributed by atoms with Crippen molar-refractivity contribution in [1.29, 1.82) is 0 Å². The van der Waals surface area contributed by atoms with Gasteiger partial charge in [-0.15, -0.1) is 0 Å². The summed E-state index contributed by atoms with van der Waals surface area (Å²) in [6.45, 7) is 1.44. The van der Waals surface area contributed by atoms with Crippen LogP contribution < -0.4 is 20.7 Å². The van der Waals surface area contributed by atoms with Crippen LogP contribution in [0.1, 0.15) is 5.56 Å². The second-order valence-electron chi connectivity index (χ2n) is 4.68. The van der Waals surface area contributed by atoms with Gasteiger partial charge in [0.2, 0.25) is 0 Å². The second-order valence-corrected chi connectivity index (χ2v) is 5.45. The van der Waals surface area contributed by atoms with Crippen LogP contribution in [0.15, 0.2) is 29.4 Å². The van der Waals surface area contributed by atoms with Crippen LogP contribution >= 0.6 is 11.8 Å². The molecule has 0 fully saturated rings. The zero-order valence-corrected chi connectivity index (χ0v) is 12.8. The third kappa shape index (κ3) is 2.69. The Morgan fingerprint density at radius 3 is 2.76 bits per heavy atom. The molecular formula is C14H17N5OS. The largest absolute Gasteiger partial charge is 0.497 e. The van der Waals surface area contributed by atoms with Crippen LogP contribution in [0.25, 0.3) is 0 Å². The molecule has 0 bridgehead atoms. The number of hydrogen-bond donors (Lipinski definition) is 2. The molecule has 0 amide bonds. The molecule has 110 valence electrons. The number of nitrogens with one attached hydrogen (secondary N) is 1. The minimum absolute atomic E-state index is 0.501. The normalized spacial score (nSPS) is 13.0. The van der Waals surface area contributed by atoms with E-state index in [1.165, 1.54) is 17.3 Å². The smallest absolute Gasteiger partial charge is 0.191 e. The predicted octanol–water partition coefficient (Wildman–Crippen LogP) is 2.18. The monoisotopic (exact) mass is 303 g/mol. The molecule has 2 aromatic rings. The summed E-state index contributed by atoms with van der Waals surface area (Å²) in [7, 11) is 1.67. The maximum absolute atomic E-state index is 5.97. The number of nitrogen functional groups attached to an aromatic ring is 1. The van der Waals surface area contributed by atoms with E-state index in [1.54, 1.807) is 7.11 Å². The molecule has 1 aromatic carbocycles. The lowest BCUT2D eigenvalue weighted by molar-refractivity contribution is 0.414. The van der Waals surface area contributed by atoms with Gasteiger partial charge in [-0.2, -0.15) is 0 Å². The van der Waals surface area contributed by atoms with Crippen LogP contribution in [0.5, 0.6) is 5.75 Å². The molecule has 0 aliphatic carbocycles. The number of anilines is 3.